The standard InChI is InChI=1S/C15H20N2O3/c1-9(2)4-11-6-13(18)12(14(19)7-11)8-16-15-5-10(3)20-17-15/h5,8-9,11,18H,4,6-7H2,1-3H3. The maximum Gasteiger partial charge on any atom is 0.195 e. The van der Waals surface area contributed by atoms with Gasteiger partial charge in [-0.25, -0.2) is 4.99 Å². The zero-order valence-corrected chi connectivity index (χ0v) is 12.1. The van der Waals surface area contributed by atoms with Crippen LogP contribution in [0.3, 0.4) is 0 Å². The quantitative estimate of drug-likeness (QED) is 0.854. The number of aliphatic hydroxyl groups excluding tert-OH is 1. The van der Waals surface area contributed by atoms with Crippen LogP contribution in [0.25, 0.3) is 0 Å². The van der Waals surface area contributed by atoms with E-state index in [0.717, 1.165) is 6.42 Å². The van der Waals surface area contributed by atoms with Gasteiger partial charge in [-0.15, -0.1) is 0 Å². The fraction of sp³-hybridized carbons (Fsp3) is 0.533. The third kappa shape index (κ3) is 3.56. The highest BCUT2D eigenvalue weighted by Gasteiger charge is 2.27. The van der Waals surface area contributed by atoms with Crippen molar-refractivity contribution in [1.82, 2.24) is 5.16 Å². The molecule has 5 heteroatoms. The third-order valence-electron chi connectivity index (χ3n) is 3.31. The third-order valence-corrected chi connectivity index (χ3v) is 3.31. The van der Waals surface area contributed by atoms with Crippen LogP contribution >= 0.6 is 0 Å². The summed E-state index contributed by atoms with van der Waals surface area (Å²) in [7, 11) is 0. The maximum absolute atomic E-state index is 12.1. The fourth-order valence-corrected chi connectivity index (χ4v) is 2.51. The summed E-state index contributed by atoms with van der Waals surface area (Å²) < 4.78 is 4.89. The first-order chi connectivity index (χ1) is 9.45. The first kappa shape index (κ1) is 14.5. The molecular weight excluding hydrogens is 256 g/mol. The highest BCUT2D eigenvalue weighted by Crippen LogP contribution is 2.29. The number of Topliss-reactive ketones (excluding diaryl/α,β-unsaturated/α-hetero) is 1. The van der Waals surface area contributed by atoms with Crippen LogP contribution < -0.4 is 0 Å². The SMILES string of the molecule is Cc1cc(N=CC2=C(O)CC(CC(C)C)CC2=O)no1. The average molecular weight is 276 g/mol. The first-order valence-electron chi connectivity index (χ1n) is 6.88. The lowest BCUT2D eigenvalue weighted by Gasteiger charge is -2.23. The molecule has 0 saturated carbocycles. The number of nitrogens with zero attached hydrogens (tertiary/aromatic N) is 2. The minimum atomic E-state index is -0.0524. The number of aliphatic hydroxyl groups is 1. The number of allylic oxidation sites excluding steroid dienone is 2. The van der Waals surface area contributed by atoms with Crippen molar-refractivity contribution in [1.29, 1.82) is 0 Å². The Kier molecular flexibility index (Phi) is 4.37. The number of hydrogen-bond donors (Lipinski definition) is 1. The molecule has 1 aliphatic carbocycles. The van der Waals surface area contributed by atoms with Crippen molar-refractivity contribution in [2.24, 2.45) is 16.8 Å². The molecule has 1 aliphatic rings. The number of carbonyl (C=O) groups excluding carboxylic acids is 1. The van der Waals surface area contributed by atoms with Gasteiger partial charge in [-0.1, -0.05) is 19.0 Å². The number of rotatable bonds is 4. The van der Waals surface area contributed by atoms with E-state index in [1.165, 1.54) is 6.21 Å². The van der Waals surface area contributed by atoms with Crippen molar-refractivity contribution in [2.45, 2.75) is 40.0 Å². The van der Waals surface area contributed by atoms with Crippen molar-refractivity contribution in [3.05, 3.63) is 23.2 Å². The fourth-order valence-electron chi connectivity index (χ4n) is 2.51. The molecule has 20 heavy (non-hydrogen) atoms. The molecule has 1 aromatic rings. The number of ketones is 1. The molecule has 1 atom stereocenters. The Bertz CT molecular complexity index is 555. The van der Waals surface area contributed by atoms with Gasteiger partial charge in [0.1, 0.15) is 11.5 Å². The summed E-state index contributed by atoms with van der Waals surface area (Å²) in [6.07, 6.45) is 3.35. The predicted octanol–water partition coefficient (Wildman–Crippen LogP) is 3.52. The van der Waals surface area contributed by atoms with Crippen molar-refractivity contribution in [3.63, 3.8) is 0 Å². The Morgan fingerprint density at radius 3 is 2.85 bits per heavy atom. The van der Waals surface area contributed by atoms with Gasteiger partial charge < -0.3 is 9.63 Å². The van der Waals surface area contributed by atoms with Crippen LogP contribution in [0.4, 0.5) is 5.82 Å². The molecule has 0 spiro atoms. The average Bonchev–Trinajstić information content (AvgIpc) is 2.73. The van der Waals surface area contributed by atoms with Crippen LogP contribution in [0, 0.1) is 18.8 Å². The van der Waals surface area contributed by atoms with E-state index in [-0.39, 0.29) is 17.5 Å². The molecule has 2 rings (SSSR count). The molecule has 1 N–H and O–H groups in total. The second-order valence-electron chi connectivity index (χ2n) is 5.74. The summed E-state index contributed by atoms with van der Waals surface area (Å²) in [6.45, 7) is 6.01. The van der Waals surface area contributed by atoms with E-state index in [9.17, 15) is 9.90 Å². The van der Waals surface area contributed by atoms with E-state index in [4.69, 9.17) is 4.52 Å². The Morgan fingerprint density at radius 2 is 2.30 bits per heavy atom. The van der Waals surface area contributed by atoms with Gasteiger partial charge in [0.15, 0.2) is 11.6 Å². The highest BCUT2D eigenvalue weighted by molar-refractivity contribution is 6.14. The van der Waals surface area contributed by atoms with Gasteiger partial charge in [0.2, 0.25) is 0 Å². The highest BCUT2D eigenvalue weighted by atomic mass is 16.5. The first-order valence-corrected chi connectivity index (χ1v) is 6.88. The summed E-state index contributed by atoms with van der Waals surface area (Å²) >= 11 is 0. The molecule has 0 fully saturated rings. The molecule has 0 aromatic carbocycles. The zero-order valence-electron chi connectivity index (χ0n) is 12.1. The van der Waals surface area contributed by atoms with E-state index in [2.05, 4.69) is 24.0 Å². The Balaban J connectivity index is 2.11. The number of aromatic nitrogens is 1. The lowest BCUT2D eigenvalue weighted by atomic mass is 9.82. The van der Waals surface area contributed by atoms with E-state index in [1.807, 2.05) is 0 Å². The number of aliphatic imine (C=N–C) groups is 1. The van der Waals surface area contributed by atoms with Crippen molar-refractivity contribution >= 4 is 17.8 Å². The number of carbonyl (C=O) groups is 1. The Labute approximate surface area is 118 Å². The van der Waals surface area contributed by atoms with Crippen LogP contribution in [0.2, 0.25) is 0 Å². The molecule has 0 saturated heterocycles. The van der Waals surface area contributed by atoms with Gasteiger partial charge in [-0.05, 0) is 25.2 Å². The maximum atomic E-state index is 12.1. The lowest BCUT2D eigenvalue weighted by Crippen LogP contribution is -2.21. The van der Waals surface area contributed by atoms with E-state index in [1.54, 1.807) is 13.0 Å². The van der Waals surface area contributed by atoms with E-state index in [0.29, 0.717) is 35.9 Å². The van der Waals surface area contributed by atoms with Crippen LogP contribution in [0.1, 0.15) is 38.9 Å². The number of hydrogen-bond acceptors (Lipinski definition) is 5. The topological polar surface area (TPSA) is 75.7 Å². The van der Waals surface area contributed by atoms with E-state index < -0.39 is 0 Å². The normalized spacial score (nSPS) is 20.4. The van der Waals surface area contributed by atoms with E-state index >= 15 is 0 Å². The molecular formula is C15H20N2O3. The Morgan fingerprint density at radius 1 is 1.55 bits per heavy atom. The molecule has 0 aliphatic heterocycles. The largest absolute Gasteiger partial charge is 0.511 e. The second kappa shape index (κ2) is 6.03. The minimum Gasteiger partial charge on any atom is -0.511 e. The van der Waals surface area contributed by atoms with Crippen LogP contribution in [0.5, 0.6) is 0 Å². The number of aryl methyl sites for hydroxylation is 1. The molecule has 5 nitrogen and oxygen atoms in total. The predicted molar refractivity (Wildman–Crippen MR) is 76.2 cm³/mol. The van der Waals surface area contributed by atoms with Crippen LogP contribution in [0.15, 0.2) is 26.9 Å². The monoisotopic (exact) mass is 276 g/mol. The van der Waals surface area contributed by atoms with Gasteiger partial charge in [0.05, 0.1) is 5.57 Å². The second-order valence-corrected chi connectivity index (χ2v) is 5.74. The minimum absolute atomic E-state index is 0.0524. The van der Waals surface area contributed by atoms with Crippen molar-refractivity contribution in [3.8, 4) is 0 Å². The van der Waals surface area contributed by atoms with Crippen LogP contribution in [-0.2, 0) is 4.79 Å². The summed E-state index contributed by atoms with van der Waals surface area (Å²) in [5.41, 5.74) is 0.297. The lowest BCUT2D eigenvalue weighted by molar-refractivity contribution is -0.116. The smallest absolute Gasteiger partial charge is 0.195 e. The molecule has 1 heterocycles. The van der Waals surface area contributed by atoms with Gasteiger partial charge in [0, 0.05) is 25.1 Å². The molecule has 1 aromatic heterocycles. The summed E-state index contributed by atoms with van der Waals surface area (Å²) in [5.74, 6) is 1.89. The zero-order chi connectivity index (χ0) is 14.7. The summed E-state index contributed by atoms with van der Waals surface area (Å²) in [4.78, 5) is 16.1. The van der Waals surface area contributed by atoms with Crippen LogP contribution in [-0.4, -0.2) is 22.3 Å². The van der Waals surface area contributed by atoms with Crippen molar-refractivity contribution < 1.29 is 14.4 Å². The molecule has 0 radical (unpaired) electrons. The molecule has 108 valence electrons. The molecule has 0 amide bonds. The van der Waals surface area contributed by atoms with Gasteiger partial charge in [-0.2, -0.15) is 0 Å². The van der Waals surface area contributed by atoms with Crippen molar-refractivity contribution in [2.75, 3.05) is 0 Å². The van der Waals surface area contributed by atoms with Gasteiger partial charge in [0.25, 0.3) is 0 Å². The van der Waals surface area contributed by atoms with Gasteiger partial charge in [-0.3, -0.25) is 4.79 Å². The van der Waals surface area contributed by atoms with Gasteiger partial charge >= 0.3 is 0 Å². The summed E-state index contributed by atoms with van der Waals surface area (Å²) in [5, 5.41) is 13.7. The molecule has 0 bridgehead atoms. The Hall–Kier alpha value is -1.91. The summed E-state index contributed by atoms with van der Waals surface area (Å²) in [6, 6.07) is 1.67. The molecule has 1 unspecified atom stereocenters.